The molecule has 17 heavy (non-hydrogen) atoms. The Morgan fingerprint density at radius 2 is 2.29 bits per heavy atom. The third-order valence-electron chi connectivity index (χ3n) is 2.33. The van der Waals surface area contributed by atoms with Gasteiger partial charge >= 0.3 is 0 Å². The second-order valence-electron chi connectivity index (χ2n) is 4.44. The molecule has 5 heteroatoms. The lowest BCUT2D eigenvalue weighted by Gasteiger charge is -2.27. The largest absolute Gasteiger partial charge is 0.388 e. The van der Waals surface area contributed by atoms with Crippen molar-refractivity contribution in [2.75, 3.05) is 18.0 Å². The van der Waals surface area contributed by atoms with Crippen LogP contribution in [0.3, 0.4) is 0 Å². The van der Waals surface area contributed by atoms with E-state index in [1.165, 1.54) is 0 Å². The molecule has 1 aromatic rings. The highest BCUT2D eigenvalue weighted by Crippen LogP contribution is 2.25. The molecule has 1 aromatic heterocycles. The lowest BCUT2D eigenvalue weighted by Crippen LogP contribution is -2.31. The van der Waals surface area contributed by atoms with Crippen molar-refractivity contribution in [3.8, 4) is 0 Å². The third kappa shape index (κ3) is 4.73. The molecular formula is C12H19BrN4. The van der Waals surface area contributed by atoms with Crippen LogP contribution in [-0.2, 0) is 0 Å². The van der Waals surface area contributed by atoms with Crippen molar-refractivity contribution < 1.29 is 0 Å². The number of amidine groups is 1. The highest BCUT2D eigenvalue weighted by Gasteiger charge is 2.11. The van der Waals surface area contributed by atoms with E-state index in [9.17, 15) is 0 Å². The van der Waals surface area contributed by atoms with E-state index < -0.39 is 0 Å². The Kier molecular flexibility index (Phi) is 5.41. The van der Waals surface area contributed by atoms with Gasteiger partial charge in [-0.15, -0.1) is 0 Å². The number of anilines is 1. The summed E-state index contributed by atoms with van der Waals surface area (Å²) >= 11 is 3.50. The maximum absolute atomic E-state index is 7.31. The average Bonchev–Trinajstić information content (AvgIpc) is 2.24. The fraction of sp³-hybridized carbons (Fsp3) is 0.500. The number of nitrogens with zero attached hydrogens (tertiary/aromatic N) is 2. The molecule has 0 unspecified atom stereocenters. The lowest BCUT2D eigenvalue weighted by atomic mass is 10.2. The molecule has 0 amide bonds. The van der Waals surface area contributed by atoms with Crippen LogP contribution in [0.15, 0.2) is 22.9 Å². The zero-order chi connectivity index (χ0) is 12.8. The Morgan fingerprint density at radius 3 is 2.82 bits per heavy atom. The molecule has 3 N–H and O–H groups in total. The molecule has 0 saturated heterocycles. The van der Waals surface area contributed by atoms with Gasteiger partial charge in [0.1, 0.15) is 0 Å². The lowest BCUT2D eigenvalue weighted by molar-refractivity contribution is 0.612. The van der Waals surface area contributed by atoms with Gasteiger partial charge in [-0.1, -0.05) is 13.8 Å². The molecule has 0 aromatic carbocycles. The van der Waals surface area contributed by atoms with Gasteiger partial charge in [0, 0.05) is 31.9 Å². The first-order valence-electron chi connectivity index (χ1n) is 5.68. The minimum absolute atomic E-state index is 0.226. The summed E-state index contributed by atoms with van der Waals surface area (Å²) in [6.07, 6.45) is 4.15. The second-order valence-corrected chi connectivity index (χ2v) is 5.30. The van der Waals surface area contributed by atoms with Gasteiger partial charge in [-0.05, 0) is 27.9 Å². The Balaban J connectivity index is 2.82. The van der Waals surface area contributed by atoms with Gasteiger partial charge in [-0.25, -0.2) is 0 Å². The highest BCUT2D eigenvalue weighted by atomic mass is 79.9. The van der Waals surface area contributed by atoms with Crippen LogP contribution in [0.5, 0.6) is 0 Å². The van der Waals surface area contributed by atoms with Crippen LogP contribution in [0.25, 0.3) is 0 Å². The normalized spacial score (nSPS) is 10.6. The minimum atomic E-state index is 0.226. The van der Waals surface area contributed by atoms with Gasteiger partial charge in [0.25, 0.3) is 0 Å². The first-order valence-corrected chi connectivity index (χ1v) is 6.47. The van der Waals surface area contributed by atoms with Crippen molar-refractivity contribution in [3.63, 3.8) is 0 Å². The van der Waals surface area contributed by atoms with Crippen LogP contribution < -0.4 is 10.6 Å². The zero-order valence-corrected chi connectivity index (χ0v) is 11.9. The molecule has 0 bridgehead atoms. The molecule has 94 valence electrons. The summed E-state index contributed by atoms with van der Waals surface area (Å²) in [4.78, 5) is 6.30. The minimum Gasteiger partial charge on any atom is -0.388 e. The molecule has 0 radical (unpaired) electrons. The van der Waals surface area contributed by atoms with Gasteiger partial charge < -0.3 is 10.6 Å². The number of nitrogens with two attached hydrogens (primary N) is 1. The van der Waals surface area contributed by atoms with Crippen LogP contribution >= 0.6 is 15.9 Å². The van der Waals surface area contributed by atoms with E-state index in [0.29, 0.717) is 12.3 Å². The van der Waals surface area contributed by atoms with Gasteiger partial charge in [-0.3, -0.25) is 10.4 Å². The molecular weight excluding hydrogens is 280 g/mol. The molecule has 1 rings (SSSR count). The number of nitrogens with one attached hydrogen (secondary N) is 1. The fourth-order valence-corrected chi connectivity index (χ4v) is 2.13. The van der Waals surface area contributed by atoms with Crippen LogP contribution in [0, 0.1) is 11.3 Å². The van der Waals surface area contributed by atoms with Crippen molar-refractivity contribution in [1.82, 2.24) is 4.98 Å². The summed E-state index contributed by atoms with van der Waals surface area (Å²) < 4.78 is 0.976. The average molecular weight is 299 g/mol. The van der Waals surface area contributed by atoms with E-state index in [2.05, 4.69) is 39.7 Å². The first kappa shape index (κ1) is 14.0. The zero-order valence-electron chi connectivity index (χ0n) is 10.3. The first-order chi connectivity index (χ1) is 8.00. The molecule has 0 atom stereocenters. The van der Waals surface area contributed by atoms with Crippen LogP contribution in [0.4, 0.5) is 5.69 Å². The van der Waals surface area contributed by atoms with Crippen molar-refractivity contribution >= 4 is 27.5 Å². The predicted octanol–water partition coefficient (Wildman–Crippen LogP) is 2.63. The third-order valence-corrected chi connectivity index (χ3v) is 2.94. The van der Waals surface area contributed by atoms with E-state index in [4.69, 9.17) is 11.1 Å². The van der Waals surface area contributed by atoms with Crippen molar-refractivity contribution in [2.24, 2.45) is 11.7 Å². The van der Waals surface area contributed by atoms with Gasteiger partial charge in [-0.2, -0.15) is 0 Å². The number of halogens is 1. The number of aromatic nitrogens is 1. The molecule has 1 heterocycles. The summed E-state index contributed by atoms with van der Waals surface area (Å²) in [6.45, 7) is 6.05. The van der Waals surface area contributed by atoms with Crippen molar-refractivity contribution in [2.45, 2.75) is 20.3 Å². The van der Waals surface area contributed by atoms with E-state index in [1.54, 1.807) is 12.4 Å². The highest BCUT2D eigenvalue weighted by molar-refractivity contribution is 9.10. The van der Waals surface area contributed by atoms with Gasteiger partial charge in [0.15, 0.2) is 0 Å². The van der Waals surface area contributed by atoms with Crippen molar-refractivity contribution in [3.05, 3.63) is 22.9 Å². The second kappa shape index (κ2) is 6.59. The quantitative estimate of drug-likeness (QED) is 0.627. The molecule has 0 fully saturated rings. The summed E-state index contributed by atoms with van der Waals surface area (Å²) in [5.74, 6) is 0.783. The van der Waals surface area contributed by atoms with E-state index in [-0.39, 0.29) is 5.84 Å². The summed E-state index contributed by atoms with van der Waals surface area (Å²) in [5, 5.41) is 7.31. The summed E-state index contributed by atoms with van der Waals surface area (Å²) in [5.41, 5.74) is 6.53. The van der Waals surface area contributed by atoms with Crippen LogP contribution in [-0.4, -0.2) is 23.9 Å². The topological polar surface area (TPSA) is 66.0 Å². The molecule has 0 aliphatic rings. The summed E-state index contributed by atoms with van der Waals surface area (Å²) in [7, 11) is 0. The van der Waals surface area contributed by atoms with Crippen LogP contribution in [0.1, 0.15) is 20.3 Å². The Labute approximate surface area is 111 Å². The molecule has 0 saturated carbocycles. The van der Waals surface area contributed by atoms with E-state index in [1.807, 2.05) is 6.07 Å². The molecule has 0 spiro atoms. The molecule has 4 nitrogen and oxygen atoms in total. The fourth-order valence-electron chi connectivity index (χ4n) is 1.63. The Hall–Kier alpha value is -1.10. The van der Waals surface area contributed by atoms with Crippen molar-refractivity contribution in [1.29, 1.82) is 5.41 Å². The SMILES string of the molecule is CC(C)CN(CCC(=N)N)c1ccncc1Br. The Morgan fingerprint density at radius 1 is 1.59 bits per heavy atom. The maximum atomic E-state index is 7.31. The van der Waals surface area contributed by atoms with E-state index in [0.717, 1.165) is 23.2 Å². The Bertz CT molecular complexity index is 379. The van der Waals surface area contributed by atoms with E-state index >= 15 is 0 Å². The van der Waals surface area contributed by atoms with Gasteiger partial charge in [0.2, 0.25) is 0 Å². The smallest absolute Gasteiger partial charge is 0.0923 e. The van der Waals surface area contributed by atoms with Crippen LogP contribution in [0.2, 0.25) is 0 Å². The number of hydrogen-bond donors (Lipinski definition) is 2. The molecule has 0 aliphatic heterocycles. The predicted molar refractivity (Wildman–Crippen MR) is 75.5 cm³/mol. The summed E-state index contributed by atoms with van der Waals surface area (Å²) in [6, 6.07) is 1.98. The number of pyridine rings is 1. The number of hydrogen-bond acceptors (Lipinski definition) is 3. The maximum Gasteiger partial charge on any atom is 0.0923 e. The standard InChI is InChI=1S/C12H19BrN4/c1-9(2)8-17(6-4-12(14)15)11-3-5-16-7-10(11)13/h3,5,7,9H,4,6,8H2,1-2H3,(H3,14,15). The van der Waals surface area contributed by atoms with Gasteiger partial charge in [0.05, 0.1) is 16.0 Å². The number of rotatable bonds is 6. The monoisotopic (exact) mass is 298 g/mol. The molecule has 0 aliphatic carbocycles.